The van der Waals surface area contributed by atoms with Gasteiger partial charge in [0.2, 0.25) is 15.9 Å². The molecule has 10 heteroatoms. The predicted octanol–water partition coefficient (Wildman–Crippen LogP) is 4.44. The van der Waals surface area contributed by atoms with E-state index < -0.39 is 15.9 Å². The quantitative estimate of drug-likeness (QED) is 0.421. The number of amides is 1. The molecule has 3 aromatic rings. The highest BCUT2D eigenvalue weighted by Gasteiger charge is 2.22. The molecule has 0 unspecified atom stereocenters. The Hall–Kier alpha value is -2.69. The lowest BCUT2D eigenvalue weighted by molar-refractivity contribution is 0.102. The van der Waals surface area contributed by atoms with Crippen molar-refractivity contribution < 1.29 is 17.6 Å². The number of sulfonamides is 1. The first kappa shape index (κ1) is 24.9. The minimum absolute atomic E-state index is 0.0122. The van der Waals surface area contributed by atoms with Gasteiger partial charge in [0.1, 0.15) is 0 Å². The number of anilines is 1. The van der Waals surface area contributed by atoms with E-state index in [2.05, 4.69) is 41.5 Å². The minimum Gasteiger partial charge on any atom is -0.407 e. The molecule has 0 fully saturated rings. The van der Waals surface area contributed by atoms with Crippen LogP contribution in [0.25, 0.3) is 0 Å². The summed E-state index contributed by atoms with van der Waals surface area (Å²) >= 11 is 1.79. The first-order valence-electron chi connectivity index (χ1n) is 10.7. The number of aromatic nitrogens is 2. The largest absolute Gasteiger partial charge is 0.407 e. The van der Waals surface area contributed by atoms with Gasteiger partial charge in [-0.1, -0.05) is 44.9 Å². The van der Waals surface area contributed by atoms with E-state index in [9.17, 15) is 13.2 Å². The fraction of sp³-hybridized carbons (Fsp3) is 0.348. The molecule has 1 heterocycles. The molecule has 0 aliphatic heterocycles. The van der Waals surface area contributed by atoms with Crippen molar-refractivity contribution in [3.8, 4) is 0 Å². The maximum absolute atomic E-state index is 12.6. The average molecular weight is 489 g/mol. The molecule has 0 atom stereocenters. The number of rotatable bonds is 10. The molecule has 33 heavy (non-hydrogen) atoms. The highest BCUT2D eigenvalue weighted by molar-refractivity contribution is 7.99. The van der Waals surface area contributed by atoms with E-state index in [4.69, 9.17) is 4.42 Å². The van der Waals surface area contributed by atoms with Crippen LogP contribution in [0.4, 0.5) is 6.01 Å². The van der Waals surface area contributed by atoms with Crippen LogP contribution >= 0.6 is 11.8 Å². The van der Waals surface area contributed by atoms with E-state index >= 15 is 0 Å². The lowest BCUT2D eigenvalue weighted by atomic mass is 10.1. The molecule has 0 aliphatic rings. The molecule has 3 rings (SSSR count). The van der Waals surface area contributed by atoms with E-state index in [-0.39, 0.29) is 16.5 Å². The Labute approximate surface area is 198 Å². The van der Waals surface area contributed by atoms with Gasteiger partial charge in [-0.25, -0.2) is 8.42 Å². The molecule has 0 radical (unpaired) electrons. The SMILES string of the molecule is CCN(CC)S(=O)(=O)c1ccc(C(=O)Nc2nnc(Cc3ccc(SC(C)C)cc3)o2)cc1. The minimum atomic E-state index is -3.58. The molecule has 8 nitrogen and oxygen atoms in total. The van der Waals surface area contributed by atoms with Crippen LogP contribution in [0.15, 0.2) is 62.7 Å². The third kappa shape index (κ3) is 6.43. The van der Waals surface area contributed by atoms with Gasteiger partial charge in [0.05, 0.1) is 11.3 Å². The molecule has 0 saturated heterocycles. The Morgan fingerprint density at radius 1 is 1.03 bits per heavy atom. The molecule has 2 aromatic carbocycles. The maximum atomic E-state index is 12.6. The molecule has 0 saturated carbocycles. The van der Waals surface area contributed by atoms with Crippen molar-refractivity contribution in [1.82, 2.24) is 14.5 Å². The average Bonchev–Trinajstić information content (AvgIpc) is 3.22. The molecule has 176 valence electrons. The van der Waals surface area contributed by atoms with E-state index in [0.29, 0.717) is 30.7 Å². The molecule has 0 aliphatic carbocycles. The van der Waals surface area contributed by atoms with Gasteiger partial charge in [0.25, 0.3) is 5.91 Å². The Balaban J connectivity index is 1.62. The summed E-state index contributed by atoms with van der Waals surface area (Å²) in [6.07, 6.45) is 0.452. The molecular weight excluding hydrogens is 460 g/mol. The second-order valence-electron chi connectivity index (χ2n) is 7.56. The summed E-state index contributed by atoms with van der Waals surface area (Å²) < 4.78 is 32.1. The Kier molecular flexibility index (Phi) is 8.28. The van der Waals surface area contributed by atoms with E-state index in [1.807, 2.05) is 12.1 Å². The summed E-state index contributed by atoms with van der Waals surface area (Å²) in [7, 11) is -3.58. The fourth-order valence-electron chi connectivity index (χ4n) is 3.17. The van der Waals surface area contributed by atoms with E-state index in [1.165, 1.54) is 33.5 Å². The smallest absolute Gasteiger partial charge is 0.322 e. The number of nitrogens with one attached hydrogen (secondary N) is 1. The summed E-state index contributed by atoms with van der Waals surface area (Å²) in [5.41, 5.74) is 1.31. The van der Waals surface area contributed by atoms with Crippen LogP contribution in [-0.4, -0.2) is 47.2 Å². The van der Waals surface area contributed by atoms with Crippen molar-refractivity contribution in [2.75, 3.05) is 18.4 Å². The third-order valence-electron chi connectivity index (χ3n) is 4.80. The van der Waals surface area contributed by atoms with E-state index in [0.717, 1.165) is 5.56 Å². The van der Waals surface area contributed by atoms with Crippen LogP contribution in [0.1, 0.15) is 49.5 Å². The van der Waals surface area contributed by atoms with Gasteiger partial charge in [-0.2, -0.15) is 4.31 Å². The monoisotopic (exact) mass is 488 g/mol. The summed E-state index contributed by atoms with van der Waals surface area (Å²) in [6, 6.07) is 13.9. The predicted molar refractivity (Wildman–Crippen MR) is 129 cm³/mol. The van der Waals surface area contributed by atoms with Crippen molar-refractivity contribution in [3.63, 3.8) is 0 Å². The Morgan fingerprint density at radius 3 is 2.24 bits per heavy atom. The number of benzene rings is 2. The van der Waals surface area contributed by atoms with Gasteiger partial charge in [-0.15, -0.1) is 16.9 Å². The molecule has 1 N–H and O–H groups in total. The zero-order valence-corrected chi connectivity index (χ0v) is 20.7. The normalized spacial score (nSPS) is 11.8. The first-order valence-corrected chi connectivity index (χ1v) is 13.0. The molecular formula is C23H28N4O4S2. The number of nitrogens with zero attached hydrogens (tertiary/aromatic N) is 3. The topological polar surface area (TPSA) is 105 Å². The van der Waals surface area contributed by atoms with Crippen molar-refractivity contribution >= 4 is 33.7 Å². The number of hydrogen-bond donors (Lipinski definition) is 1. The summed E-state index contributed by atoms with van der Waals surface area (Å²) in [5.74, 6) is -0.0812. The molecule has 1 amide bonds. The standard InChI is InChI=1S/C23H28N4O4S2/c1-5-27(6-2)33(29,30)20-13-9-18(10-14-20)22(28)24-23-26-25-21(31-23)15-17-7-11-19(12-8-17)32-16(3)4/h7-14,16H,5-6,15H2,1-4H3,(H,24,26,28). The zero-order chi connectivity index (χ0) is 24.0. The highest BCUT2D eigenvalue weighted by Crippen LogP contribution is 2.24. The summed E-state index contributed by atoms with van der Waals surface area (Å²) in [4.78, 5) is 13.9. The molecule has 0 spiro atoms. The second kappa shape index (κ2) is 11.0. The van der Waals surface area contributed by atoms with Gasteiger partial charge in [-0.3, -0.25) is 10.1 Å². The van der Waals surface area contributed by atoms with E-state index in [1.54, 1.807) is 25.6 Å². The van der Waals surface area contributed by atoms with Gasteiger partial charge in [0.15, 0.2) is 0 Å². The van der Waals surface area contributed by atoms with Gasteiger partial charge < -0.3 is 4.42 Å². The van der Waals surface area contributed by atoms with Crippen LogP contribution in [0.5, 0.6) is 0 Å². The van der Waals surface area contributed by atoms with Gasteiger partial charge in [0, 0.05) is 28.8 Å². The van der Waals surface area contributed by atoms with Crippen molar-refractivity contribution in [2.45, 2.75) is 49.2 Å². The van der Waals surface area contributed by atoms with Crippen molar-refractivity contribution in [3.05, 3.63) is 65.5 Å². The lowest BCUT2D eigenvalue weighted by Crippen LogP contribution is -2.30. The highest BCUT2D eigenvalue weighted by atomic mass is 32.2. The van der Waals surface area contributed by atoms with Crippen molar-refractivity contribution in [1.29, 1.82) is 0 Å². The van der Waals surface area contributed by atoms with Crippen molar-refractivity contribution in [2.24, 2.45) is 0 Å². The van der Waals surface area contributed by atoms with Crippen LogP contribution in [0, 0.1) is 0 Å². The number of hydrogen-bond acceptors (Lipinski definition) is 7. The maximum Gasteiger partial charge on any atom is 0.322 e. The molecule has 0 bridgehead atoms. The summed E-state index contributed by atoms with van der Waals surface area (Å²) in [6.45, 7) is 8.61. The summed E-state index contributed by atoms with van der Waals surface area (Å²) in [5, 5.41) is 10.9. The van der Waals surface area contributed by atoms with Crippen LogP contribution in [0.2, 0.25) is 0 Å². The fourth-order valence-corrected chi connectivity index (χ4v) is 5.46. The number of carbonyl (C=O) groups is 1. The molecule has 1 aromatic heterocycles. The van der Waals surface area contributed by atoms with Crippen LogP contribution in [0.3, 0.4) is 0 Å². The Bertz CT molecular complexity index is 1170. The third-order valence-corrected chi connectivity index (χ3v) is 7.88. The number of thioether (sulfide) groups is 1. The zero-order valence-electron chi connectivity index (χ0n) is 19.1. The first-order chi connectivity index (χ1) is 15.7. The Morgan fingerprint density at radius 2 is 1.67 bits per heavy atom. The van der Waals surface area contributed by atoms with Crippen LogP contribution in [-0.2, 0) is 16.4 Å². The lowest BCUT2D eigenvalue weighted by Gasteiger charge is -2.18. The van der Waals surface area contributed by atoms with Gasteiger partial charge in [-0.05, 0) is 42.0 Å². The second-order valence-corrected chi connectivity index (χ2v) is 11.1. The van der Waals surface area contributed by atoms with Gasteiger partial charge >= 0.3 is 6.01 Å². The number of carbonyl (C=O) groups excluding carboxylic acids is 1. The van der Waals surface area contributed by atoms with Crippen LogP contribution < -0.4 is 5.32 Å².